The number of aromatic amines is 1. The maximum absolute atomic E-state index is 11.4. The van der Waals surface area contributed by atoms with E-state index in [2.05, 4.69) is 39.1 Å². The second-order valence-electron chi connectivity index (χ2n) is 5.40. The van der Waals surface area contributed by atoms with Gasteiger partial charge in [-0.1, -0.05) is 30.3 Å². The number of hydrogen-bond acceptors (Lipinski definition) is 3. The van der Waals surface area contributed by atoms with Crippen molar-refractivity contribution in [1.29, 1.82) is 0 Å². The molecule has 1 fully saturated rings. The second kappa shape index (κ2) is 6.01. The van der Waals surface area contributed by atoms with Crippen LogP contribution in [-0.2, 0) is 6.54 Å². The zero-order valence-electron chi connectivity index (χ0n) is 11.5. The molecule has 0 aliphatic carbocycles. The first-order chi connectivity index (χ1) is 9.81. The SMILES string of the molecule is O=c1cc(C2CCCN(Cc3ccccc3)C2)nc[nH]1. The third-order valence-electron chi connectivity index (χ3n) is 3.87. The van der Waals surface area contributed by atoms with Crippen molar-refractivity contribution in [1.82, 2.24) is 14.9 Å². The Morgan fingerprint density at radius 1 is 1.30 bits per heavy atom. The third-order valence-corrected chi connectivity index (χ3v) is 3.87. The van der Waals surface area contributed by atoms with E-state index in [1.165, 1.54) is 11.9 Å². The van der Waals surface area contributed by atoms with Crippen LogP contribution in [0, 0.1) is 0 Å². The molecule has 0 amide bonds. The molecule has 20 heavy (non-hydrogen) atoms. The van der Waals surface area contributed by atoms with Crippen LogP contribution in [0.15, 0.2) is 47.5 Å². The van der Waals surface area contributed by atoms with E-state index in [4.69, 9.17) is 0 Å². The highest BCUT2D eigenvalue weighted by atomic mass is 16.1. The van der Waals surface area contributed by atoms with Crippen LogP contribution in [0.25, 0.3) is 0 Å². The molecule has 4 heteroatoms. The lowest BCUT2D eigenvalue weighted by molar-refractivity contribution is 0.198. The van der Waals surface area contributed by atoms with Gasteiger partial charge in [-0.3, -0.25) is 9.69 Å². The fourth-order valence-electron chi connectivity index (χ4n) is 2.89. The summed E-state index contributed by atoms with van der Waals surface area (Å²) in [4.78, 5) is 20.8. The summed E-state index contributed by atoms with van der Waals surface area (Å²) < 4.78 is 0. The fourth-order valence-corrected chi connectivity index (χ4v) is 2.89. The molecular formula is C16H19N3O. The minimum Gasteiger partial charge on any atom is -0.313 e. The highest BCUT2D eigenvalue weighted by molar-refractivity contribution is 5.15. The molecule has 104 valence electrons. The van der Waals surface area contributed by atoms with E-state index >= 15 is 0 Å². The molecule has 0 radical (unpaired) electrons. The van der Waals surface area contributed by atoms with Crippen molar-refractivity contribution < 1.29 is 0 Å². The molecule has 1 saturated heterocycles. The van der Waals surface area contributed by atoms with Crippen LogP contribution in [-0.4, -0.2) is 28.0 Å². The highest BCUT2D eigenvalue weighted by Crippen LogP contribution is 2.25. The molecule has 3 rings (SSSR count). The average Bonchev–Trinajstić information content (AvgIpc) is 2.49. The Morgan fingerprint density at radius 3 is 2.95 bits per heavy atom. The molecule has 4 nitrogen and oxygen atoms in total. The minimum absolute atomic E-state index is 0.0600. The first-order valence-electron chi connectivity index (χ1n) is 7.12. The summed E-state index contributed by atoms with van der Waals surface area (Å²) in [5.41, 5.74) is 2.20. The molecule has 1 aromatic carbocycles. The third kappa shape index (κ3) is 3.14. The topological polar surface area (TPSA) is 49.0 Å². The fraction of sp³-hybridized carbons (Fsp3) is 0.375. The van der Waals surface area contributed by atoms with Gasteiger partial charge in [0.2, 0.25) is 0 Å². The second-order valence-corrected chi connectivity index (χ2v) is 5.40. The van der Waals surface area contributed by atoms with Gasteiger partial charge in [-0.15, -0.1) is 0 Å². The predicted octanol–water partition coefficient (Wildman–Crippen LogP) is 2.15. The van der Waals surface area contributed by atoms with Crippen LogP contribution in [0.1, 0.15) is 30.0 Å². The molecular weight excluding hydrogens is 250 g/mol. The van der Waals surface area contributed by atoms with Gasteiger partial charge in [-0.25, -0.2) is 4.98 Å². The number of aromatic nitrogens is 2. The quantitative estimate of drug-likeness (QED) is 0.929. The standard InChI is InChI=1S/C16H19N3O/c20-16-9-15(17-12-18-16)14-7-4-8-19(11-14)10-13-5-2-1-3-6-13/h1-3,5-6,9,12,14H,4,7-8,10-11H2,(H,17,18,20). The molecule has 0 bridgehead atoms. The van der Waals surface area contributed by atoms with E-state index in [1.54, 1.807) is 6.07 Å². The Kier molecular flexibility index (Phi) is 3.92. The Balaban J connectivity index is 1.69. The van der Waals surface area contributed by atoms with E-state index in [0.29, 0.717) is 5.92 Å². The molecule has 1 aromatic heterocycles. The van der Waals surface area contributed by atoms with E-state index in [0.717, 1.165) is 38.2 Å². The van der Waals surface area contributed by atoms with Gasteiger partial charge in [0, 0.05) is 25.1 Å². The largest absolute Gasteiger partial charge is 0.313 e. The normalized spacial score (nSPS) is 19.9. The van der Waals surface area contributed by atoms with Crippen molar-refractivity contribution in [3.8, 4) is 0 Å². The summed E-state index contributed by atoms with van der Waals surface area (Å²) in [7, 11) is 0. The molecule has 0 spiro atoms. The molecule has 2 aromatic rings. The van der Waals surface area contributed by atoms with Crippen LogP contribution in [0.4, 0.5) is 0 Å². The van der Waals surface area contributed by atoms with Gasteiger partial charge >= 0.3 is 0 Å². The van der Waals surface area contributed by atoms with Gasteiger partial charge in [-0.05, 0) is 24.9 Å². The van der Waals surface area contributed by atoms with Crippen molar-refractivity contribution in [2.45, 2.75) is 25.3 Å². The Labute approximate surface area is 118 Å². The molecule has 2 heterocycles. The monoisotopic (exact) mass is 269 g/mol. The maximum Gasteiger partial charge on any atom is 0.250 e. The summed E-state index contributed by atoms with van der Waals surface area (Å²) in [5.74, 6) is 0.370. The lowest BCUT2D eigenvalue weighted by Gasteiger charge is -2.32. The van der Waals surface area contributed by atoms with Crippen molar-refractivity contribution in [3.63, 3.8) is 0 Å². The van der Waals surface area contributed by atoms with Crippen LogP contribution in [0.5, 0.6) is 0 Å². The smallest absolute Gasteiger partial charge is 0.250 e. The number of nitrogens with one attached hydrogen (secondary N) is 1. The van der Waals surface area contributed by atoms with E-state index < -0.39 is 0 Å². The first-order valence-corrected chi connectivity index (χ1v) is 7.12. The minimum atomic E-state index is -0.0600. The molecule has 1 atom stereocenters. The Hall–Kier alpha value is -1.94. The van der Waals surface area contributed by atoms with Gasteiger partial charge in [0.25, 0.3) is 5.56 Å². The van der Waals surface area contributed by atoms with Crippen molar-refractivity contribution in [3.05, 3.63) is 64.3 Å². The molecule has 1 N–H and O–H groups in total. The number of nitrogens with zero attached hydrogens (tertiary/aromatic N) is 2. The maximum atomic E-state index is 11.4. The van der Waals surface area contributed by atoms with Crippen LogP contribution >= 0.6 is 0 Å². The summed E-state index contributed by atoms with van der Waals surface area (Å²) in [6, 6.07) is 12.2. The van der Waals surface area contributed by atoms with Gasteiger partial charge in [-0.2, -0.15) is 0 Å². The van der Waals surface area contributed by atoms with Gasteiger partial charge in [0.05, 0.1) is 12.0 Å². The summed E-state index contributed by atoms with van der Waals surface area (Å²) in [6.07, 6.45) is 3.78. The highest BCUT2D eigenvalue weighted by Gasteiger charge is 2.22. The molecule has 1 unspecified atom stereocenters. The summed E-state index contributed by atoms with van der Waals surface area (Å²) in [5, 5.41) is 0. The summed E-state index contributed by atoms with van der Waals surface area (Å²) in [6.45, 7) is 3.07. The zero-order chi connectivity index (χ0) is 13.8. The lowest BCUT2D eigenvalue weighted by atomic mass is 9.94. The lowest BCUT2D eigenvalue weighted by Crippen LogP contribution is -2.34. The van der Waals surface area contributed by atoms with Crippen LogP contribution in [0.3, 0.4) is 0 Å². The van der Waals surface area contributed by atoms with Crippen molar-refractivity contribution in [2.75, 3.05) is 13.1 Å². The van der Waals surface area contributed by atoms with E-state index in [-0.39, 0.29) is 5.56 Å². The van der Waals surface area contributed by atoms with Crippen molar-refractivity contribution in [2.24, 2.45) is 0 Å². The molecule has 0 saturated carbocycles. The molecule has 1 aliphatic rings. The zero-order valence-corrected chi connectivity index (χ0v) is 11.5. The van der Waals surface area contributed by atoms with E-state index in [1.807, 2.05) is 6.07 Å². The Bertz CT molecular complexity index is 608. The van der Waals surface area contributed by atoms with Crippen LogP contribution < -0.4 is 5.56 Å². The molecule has 1 aliphatic heterocycles. The van der Waals surface area contributed by atoms with Gasteiger partial charge in [0.15, 0.2) is 0 Å². The average molecular weight is 269 g/mol. The van der Waals surface area contributed by atoms with Crippen molar-refractivity contribution >= 4 is 0 Å². The number of H-pyrrole nitrogens is 1. The number of piperidine rings is 1. The van der Waals surface area contributed by atoms with Crippen LogP contribution in [0.2, 0.25) is 0 Å². The number of benzene rings is 1. The van der Waals surface area contributed by atoms with Gasteiger partial charge < -0.3 is 4.98 Å². The van der Waals surface area contributed by atoms with Gasteiger partial charge in [0.1, 0.15) is 0 Å². The first kappa shape index (κ1) is 13.1. The number of rotatable bonds is 3. The predicted molar refractivity (Wildman–Crippen MR) is 78.6 cm³/mol. The number of hydrogen-bond donors (Lipinski definition) is 1. The Morgan fingerprint density at radius 2 is 2.15 bits per heavy atom. The number of likely N-dealkylation sites (tertiary alicyclic amines) is 1. The summed E-state index contributed by atoms with van der Waals surface area (Å²) >= 11 is 0. The van der Waals surface area contributed by atoms with E-state index in [9.17, 15) is 4.79 Å².